The number of hydrogen-bond donors (Lipinski definition) is 0. The van der Waals surface area contributed by atoms with Crippen LogP contribution in [0.5, 0.6) is 0 Å². The van der Waals surface area contributed by atoms with Gasteiger partial charge in [0.2, 0.25) is 0 Å². The van der Waals surface area contributed by atoms with Crippen LogP contribution < -0.4 is 0 Å². The summed E-state index contributed by atoms with van der Waals surface area (Å²) < 4.78 is 5.13. The Kier molecular flexibility index (Phi) is 6.80. The Morgan fingerprint density at radius 2 is 0.839 bits per heavy atom. The Hall–Kier alpha value is -7.14. The van der Waals surface area contributed by atoms with E-state index >= 15 is 0 Å². The molecule has 0 aliphatic heterocycles. The summed E-state index contributed by atoms with van der Waals surface area (Å²) in [7, 11) is 0. The van der Waals surface area contributed by atoms with Crippen molar-refractivity contribution < 1.29 is 0 Å². The molecule has 4 aromatic heterocycles. The molecule has 12 aromatic rings. The maximum absolute atomic E-state index is 5.24. The van der Waals surface area contributed by atoms with Gasteiger partial charge in [0.25, 0.3) is 0 Å². The van der Waals surface area contributed by atoms with E-state index < -0.39 is 0 Å². The molecule has 260 valence electrons. The highest BCUT2D eigenvalue weighted by Gasteiger charge is 2.19. The molecule has 0 saturated carbocycles. The third-order valence-corrected chi connectivity index (χ3v) is 12.5. The van der Waals surface area contributed by atoms with Crippen molar-refractivity contribution in [1.29, 1.82) is 0 Å². The van der Waals surface area contributed by atoms with Crippen molar-refractivity contribution in [2.24, 2.45) is 0 Å². The zero-order valence-electron chi connectivity index (χ0n) is 30.1. The molecule has 0 spiro atoms. The van der Waals surface area contributed by atoms with Crippen molar-refractivity contribution in [2.45, 2.75) is 0 Å². The van der Waals surface area contributed by atoms with Crippen LogP contribution in [0.3, 0.4) is 0 Å². The molecule has 0 atom stereocenters. The van der Waals surface area contributed by atoms with Crippen LogP contribution >= 0.6 is 11.3 Å². The van der Waals surface area contributed by atoms with Crippen molar-refractivity contribution in [3.05, 3.63) is 188 Å². The van der Waals surface area contributed by atoms with Crippen molar-refractivity contribution in [2.75, 3.05) is 0 Å². The summed E-state index contributed by atoms with van der Waals surface area (Å²) in [6.07, 6.45) is 0. The number of benzene rings is 8. The minimum atomic E-state index is 0.708. The zero-order chi connectivity index (χ0) is 36.7. The Bertz CT molecular complexity index is 3510. The predicted molar refractivity (Wildman–Crippen MR) is 238 cm³/mol. The van der Waals surface area contributed by atoms with Gasteiger partial charge >= 0.3 is 0 Å². The van der Waals surface area contributed by atoms with Crippen molar-refractivity contribution in [3.63, 3.8) is 0 Å². The summed E-state index contributed by atoms with van der Waals surface area (Å²) >= 11 is 1.88. The van der Waals surface area contributed by atoms with Crippen LogP contribution in [0, 0.1) is 0 Å². The molecule has 0 amide bonds. The molecule has 0 saturated heterocycles. The molecule has 0 fully saturated rings. The van der Waals surface area contributed by atoms with Gasteiger partial charge in [-0.3, -0.25) is 0 Å². The maximum atomic E-state index is 5.24. The average molecular weight is 730 g/mol. The van der Waals surface area contributed by atoms with E-state index in [-0.39, 0.29) is 0 Å². The molecule has 0 aliphatic carbocycles. The third kappa shape index (κ3) is 4.70. The molecule has 12 rings (SSSR count). The number of para-hydroxylation sites is 2. The van der Waals surface area contributed by atoms with Gasteiger partial charge in [0.15, 0.2) is 5.82 Å². The standard InChI is InChI=1S/C52H31N3S/c1-3-12-32(13-4-1)33-24-26-34(27-25-33)43-31-44(54-52(53-43)35-14-5-2-6-15-35)36-28-29-46-42(30-36)41-20-9-19-40-39-18-11-23-48-50(39)49-38(17-10-22-47(49)56-48)37-16-7-8-21-45(37)55(46)51(40)41/h1-31H. The first kappa shape index (κ1) is 31.2. The van der Waals surface area contributed by atoms with E-state index in [1.54, 1.807) is 0 Å². The number of hydrogen-bond acceptors (Lipinski definition) is 3. The fraction of sp³-hybridized carbons (Fsp3) is 0. The van der Waals surface area contributed by atoms with Crippen LogP contribution in [0.1, 0.15) is 0 Å². The minimum Gasteiger partial charge on any atom is -0.308 e. The van der Waals surface area contributed by atoms with Crippen LogP contribution in [-0.4, -0.2) is 14.4 Å². The number of thiophene rings is 1. The lowest BCUT2D eigenvalue weighted by Gasteiger charge is -2.10. The lowest BCUT2D eigenvalue weighted by Crippen LogP contribution is -1.96. The highest BCUT2D eigenvalue weighted by atomic mass is 32.1. The maximum Gasteiger partial charge on any atom is 0.160 e. The van der Waals surface area contributed by atoms with Gasteiger partial charge in [-0.05, 0) is 58.3 Å². The highest BCUT2D eigenvalue weighted by molar-refractivity contribution is 7.26. The molecule has 0 unspecified atom stereocenters. The summed E-state index contributed by atoms with van der Waals surface area (Å²) in [6, 6.07) is 67.8. The van der Waals surface area contributed by atoms with E-state index in [0.29, 0.717) is 5.82 Å². The van der Waals surface area contributed by atoms with Crippen LogP contribution in [0.25, 0.3) is 114 Å². The number of nitrogens with zero attached hydrogens (tertiary/aromatic N) is 3. The third-order valence-electron chi connectivity index (χ3n) is 11.4. The van der Waals surface area contributed by atoms with Crippen molar-refractivity contribution in [3.8, 4) is 45.0 Å². The molecule has 0 N–H and O–H groups in total. The summed E-state index contributed by atoms with van der Waals surface area (Å²) in [4.78, 5) is 10.4. The summed E-state index contributed by atoms with van der Waals surface area (Å²) in [5, 5.41) is 10.1. The smallest absolute Gasteiger partial charge is 0.160 e. The fourth-order valence-electron chi connectivity index (χ4n) is 8.83. The van der Waals surface area contributed by atoms with Gasteiger partial charge in [-0.2, -0.15) is 0 Å². The lowest BCUT2D eigenvalue weighted by atomic mass is 10.00. The first-order chi connectivity index (χ1) is 27.8. The molecule has 4 heterocycles. The fourth-order valence-corrected chi connectivity index (χ4v) is 9.99. The number of rotatable bonds is 4. The Balaban J connectivity index is 1.14. The zero-order valence-corrected chi connectivity index (χ0v) is 31.0. The Labute approximate surface area is 326 Å². The summed E-state index contributed by atoms with van der Waals surface area (Å²) in [5.74, 6) is 0.708. The molecular formula is C52H31N3S. The molecule has 3 nitrogen and oxygen atoms in total. The molecule has 0 aliphatic rings. The molecule has 8 aromatic carbocycles. The van der Waals surface area contributed by atoms with Crippen LogP contribution in [0.15, 0.2) is 188 Å². The second-order valence-corrected chi connectivity index (χ2v) is 15.6. The van der Waals surface area contributed by atoms with Crippen LogP contribution in [0.2, 0.25) is 0 Å². The SMILES string of the molecule is c1ccc(-c2ccc(-c3cc(-c4ccc5c(c4)c4cccc6c7cccc8sc9cccc(c%10ccccc%10n5c64)c9c87)nc(-c4ccccc4)n3)cc2)cc1. The van der Waals surface area contributed by atoms with E-state index in [4.69, 9.17) is 9.97 Å². The van der Waals surface area contributed by atoms with Gasteiger partial charge in [-0.15, -0.1) is 11.3 Å². The van der Waals surface area contributed by atoms with Crippen molar-refractivity contribution >= 4 is 80.4 Å². The normalized spacial score (nSPS) is 11.9. The second kappa shape index (κ2) is 12.2. The molecule has 56 heavy (non-hydrogen) atoms. The summed E-state index contributed by atoms with van der Waals surface area (Å²) in [6.45, 7) is 0. The Morgan fingerprint density at radius 1 is 0.339 bits per heavy atom. The average Bonchev–Trinajstić information content (AvgIpc) is 3.83. The molecule has 0 bridgehead atoms. The minimum absolute atomic E-state index is 0.708. The van der Waals surface area contributed by atoms with Gasteiger partial charge in [0, 0.05) is 58.4 Å². The van der Waals surface area contributed by atoms with E-state index in [0.717, 1.165) is 28.1 Å². The van der Waals surface area contributed by atoms with Gasteiger partial charge in [-0.25, -0.2) is 9.97 Å². The highest BCUT2D eigenvalue weighted by Crippen LogP contribution is 2.45. The van der Waals surface area contributed by atoms with E-state index in [9.17, 15) is 0 Å². The largest absolute Gasteiger partial charge is 0.308 e. The monoisotopic (exact) mass is 729 g/mol. The predicted octanol–water partition coefficient (Wildman–Crippen LogP) is 14.4. The second-order valence-electron chi connectivity index (χ2n) is 14.5. The quantitative estimate of drug-likeness (QED) is 0.181. The van der Waals surface area contributed by atoms with Gasteiger partial charge < -0.3 is 4.40 Å². The van der Waals surface area contributed by atoms with Gasteiger partial charge in [0.1, 0.15) is 0 Å². The molecule has 4 heteroatoms. The van der Waals surface area contributed by atoms with E-state index in [1.165, 1.54) is 80.2 Å². The Morgan fingerprint density at radius 3 is 1.57 bits per heavy atom. The first-order valence-corrected chi connectivity index (χ1v) is 19.8. The van der Waals surface area contributed by atoms with Gasteiger partial charge in [0.05, 0.1) is 27.9 Å². The first-order valence-electron chi connectivity index (χ1n) is 19.0. The van der Waals surface area contributed by atoms with E-state index in [2.05, 4.69) is 174 Å². The van der Waals surface area contributed by atoms with Crippen LogP contribution in [0.4, 0.5) is 0 Å². The topological polar surface area (TPSA) is 30.2 Å². The number of fused-ring (bicyclic) bond motifs is 7. The molecular weight excluding hydrogens is 699 g/mol. The van der Waals surface area contributed by atoms with Crippen LogP contribution in [-0.2, 0) is 0 Å². The summed E-state index contributed by atoms with van der Waals surface area (Å²) in [5.41, 5.74) is 10.8. The van der Waals surface area contributed by atoms with E-state index in [1.807, 2.05) is 29.5 Å². The van der Waals surface area contributed by atoms with Gasteiger partial charge in [-0.1, -0.05) is 152 Å². The van der Waals surface area contributed by atoms with Crippen molar-refractivity contribution in [1.82, 2.24) is 14.4 Å². The lowest BCUT2D eigenvalue weighted by molar-refractivity contribution is 1.18. The number of aromatic nitrogens is 3. The molecule has 0 radical (unpaired) electrons.